The second-order valence-corrected chi connectivity index (χ2v) is 9.47. The van der Waals surface area contributed by atoms with Crippen molar-refractivity contribution in [3.63, 3.8) is 0 Å². The summed E-state index contributed by atoms with van der Waals surface area (Å²) in [7, 11) is 0. The molecule has 3 fully saturated rings. The third-order valence-electron chi connectivity index (χ3n) is 8.03. The zero-order valence-electron chi connectivity index (χ0n) is 18.8. The normalized spacial score (nSPS) is 28.2. The molecule has 0 unspecified atom stereocenters. The van der Waals surface area contributed by atoms with E-state index in [1.807, 2.05) is 17.0 Å². The van der Waals surface area contributed by atoms with Crippen LogP contribution in [0.4, 0.5) is 5.82 Å². The van der Waals surface area contributed by atoms with Crippen LogP contribution in [-0.4, -0.2) is 65.5 Å². The summed E-state index contributed by atoms with van der Waals surface area (Å²) in [5, 5.41) is 9.17. The van der Waals surface area contributed by atoms with Gasteiger partial charge in [-0.05, 0) is 43.4 Å². The molecule has 6 heteroatoms. The van der Waals surface area contributed by atoms with Crippen LogP contribution >= 0.6 is 0 Å². The van der Waals surface area contributed by atoms with Gasteiger partial charge in [-0.25, -0.2) is 4.98 Å². The van der Waals surface area contributed by atoms with Gasteiger partial charge in [0.05, 0.1) is 5.56 Å². The molecule has 1 aromatic heterocycles. The Balaban J connectivity index is 1.42. The zero-order chi connectivity index (χ0) is 22.1. The zero-order valence-corrected chi connectivity index (χ0v) is 18.8. The minimum absolute atomic E-state index is 0.147. The number of nitrogens with zero attached hydrogens (tertiary/aromatic N) is 5. The monoisotopic (exact) mass is 429 g/mol. The van der Waals surface area contributed by atoms with Crippen molar-refractivity contribution in [1.29, 1.82) is 5.26 Å². The SMILES string of the molecule is CC(=O)N1CCN([C@@H]2CC[C@]3(c4ccccc4)CCN(c4ccc(C#N)cn4)[C@@H]3C2)CC1. The highest BCUT2D eigenvalue weighted by Gasteiger charge is 2.52. The molecule has 0 radical (unpaired) electrons. The number of nitriles is 1. The topological polar surface area (TPSA) is 63.5 Å². The highest BCUT2D eigenvalue weighted by atomic mass is 16.2. The van der Waals surface area contributed by atoms with Gasteiger partial charge in [-0.2, -0.15) is 5.26 Å². The number of aromatic nitrogens is 1. The lowest BCUT2D eigenvalue weighted by Gasteiger charge is -2.49. The van der Waals surface area contributed by atoms with Crippen LogP contribution in [0.25, 0.3) is 0 Å². The predicted octanol–water partition coefficient (Wildman–Crippen LogP) is 3.19. The first-order valence-corrected chi connectivity index (χ1v) is 11.8. The quantitative estimate of drug-likeness (QED) is 0.750. The smallest absolute Gasteiger partial charge is 0.219 e. The molecule has 1 aromatic carbocycles. The number of benzene rings is 1. The van der Waals surface area contributed by atoms with Crippen LogP contribution in [0.5, 0.6) is 0 Å². The van der Waals surface area contributed by atoms with Crippen molar-refractivity contribution in [1.82, 2.24) is 14.8 Å². The van der Waals surface area contributed by atoms with Gasteiger partial charge in [0.2, 0.25) is 5.91 Å². The first kappa shape index (κ1) is 21.0. The van der Waals surface area contributed by atoms with E-state index in [0.717, 1.165) is 51.4 Å². The molecule has 0 spiro atoms. The molecule has 2 aromatic rings. The Bertz CT molecular complexity index is 993. The van der Waals surface area contributed by atoms with Crippen LogP contribution in [0.15, 0.2) is 48.7 Å². The first-order chi connectivity index (χ1) is 15.6. The summed E-state index contributed by atoms with van der Waals surface area (Å²) < 4.78 is 0. The van der Waals surface area contributed by atoms with Crippen molar-refractivity contribution < 1.29 is 4.79 Å². The van der Waals surface area contributed by atoms with Gasteiger partial charge < -0.3 is 9.80 Å². The van der Waals surface area contributed by atoms with Gasteiger partial charge in [-0.15, -0.1) is 0 Å². The molecule has 6 nitrogen and oxygen atoms in total. The molecule has 3 aliphatic rings. The summed E-state index contributed by atoms with van der Waals surface area (Å²) in [5.74, 6) is 1.17. The highest BCUT2D eigenvalue weighted by molar-refractivity contribution is 5.73. The van der Waals surface area contributed by atoms with E-state index in [4.69, 9.17) is 5.26 Å². The van der Waals surface area contributed by atoms with Crippen molar-refractivity contribution in [2.45, 2.75) is 50.1 Å². The third-order valence-corrected chi connectivity index (χ3v) is 8.03. The molecule has 5 rings (SSSR count). The van der Waals surface area contributed by atoms with Gasteiger partial charge in [0.25, 0.3) is 0 Å². The first-order valence-electron chi connectivity index (χ1n) is 11.8. The largest absolute Gasteiger partial charge is 0.353 e. The van der Waals surface area contributed by atoms with E-state index in [2.05, 4.69) is 51.2 Å². The van der Waals surface area contributed by atoms with Crippen LogP contribution in [0.3, 0.4) is 0 Å². The van der Waals surface area contributed by atoms with Gasteiger partial charge in [0, 0.05) is 63.3 Å². The van der Waals surface area contributed by atoms with E-state index in [1.165, 1.54) is 18.4 Å². The lowest BCUT2D eigenvalue weighted by Crippen LogP contribution is -2.57. The van der Waals surface area contributed by atoms with Crippen molar-refractivity contribution in [3.8, 4) is 6.07 Å². The third kappa shape index (κ3) is 3.65. The predicted molar refractivity (Wildman–Crippen MR) is 124 cm³/mol. The minimum atomic E-state index is 0.147. The Morgan fingerprint density at radius 1 is 1.06 bits per heavy atom. The molecular weight excluding hydrogens is 398 g/mol. The molecule has 0 bridgehead atoms. The van der Waals surface area contributed by atoms with Crippen LogP contribution in [-0.2, 0) is 10.2 Å². The van der Waals surface area contributed by atoms with Gasteiger partial charge in [0.15, 0.2) is 0 Å². The number of hydrogen-bond acceptors (Lipinski definition) is 5. The molecule has 1 aliphatic carbocycles. The second-order valence-electron chi connectivity index (χ2n) is 9.47. The fraction of sp³-hybridized carbons (Fsp3) is 0.500. The molecule has 2 saturated heterocycles. The maximum atomic E-state index is 11.7. The second kappa shape index (κ2) is 8.55. The fourth-order valence-corrected chi connectivity index (χ4v) is 6.27. The van der Waals surface area contributed by atoms with E-state index < -0.39 is 0 Å². The maximum absolute atomic E-state index is 11.7. The van der Waals surface area contributed by atoms with Crippen LogP contribution < -0.4 is 4.90 Å². The van der Waals surface area contributed by atoms with Crippen LogP contribution in [0.2, 0.25) is 0 Å². The number of amides is 1. The van der Waals surface area contributed by atoms with Crippen molar-refractivity contribution in [2.75, 3.05) is 37.6 Å². The van der Waals surface area contributed by atoms with E-state index in [9.17, 15) is 4.79 Å². The van der Waals surface area contributed by atoms with Crippen LogP contribution in [0, 0.1) is 11.3 Å². The van der Waals surface area contributed by atoms with E-state index >= 15 is 0 Å². The lowest BCUT2D eigenvalue weighted by molar-refractivity contribution is -0.131. The van der Waals surface area contributed by atoms with Gasteiger partial charge >= 0.3 is 0 Å². The Morgan fingerprint density at radius 2 is 1.84 bits per heavy atom. The van der Waals surface area contributed by atoms with Gasteiger partial charge in [-0.1, -0.05) is 30.3 Å². The molecular formula is C26H31N5O. The van der Waals surface area contributed by atoms with Crippen molar-refractivity contribution in [2.24, 2.45) is 0 Å². The van der Waals surface area contributed by atoms with Gasteiger partial charge in [-0.3, -0.25) is 9.69 Å². The average Bonchev–Trinajstić information content (AvgIpc) is 3.24. The summed E-state index contributed by atoms with van der Waals surface area (Å²) >= 11 is 0. The van der Waals surface area contributed by atoms with E-state index in [-0.39, 0.29) is 11.3 Å². The number of rotatable bonds is 3. The summed E-state index contributed by atoms with van der Waals surface area (Å²) in [6.07, 6.45) is 6.30. The molecule has 166 valence electrons. The number of anilines is 1. The summed E-state index contributed by atoms with van der Waals surface area (Å²) in [6.45, 7) is 6.26. The molecule has 32 heavy (non-hydrogen) atoms. The Hall–Kier alpha value is -2.91. The Labute approximate surface area is 190 Å². The van der Waals surface area contributed by atoms with Crippen molar-refractivity contribution in [3.05, 3.63) is 59.8 Å². The summed E-state index contributed by atoms with van der Waals surface area (Å²) in [5.41, 5.74) is 2.20. The number of hydrogen-bond donors (Lipinski definition) is 0. The molecule has 3 atom stereocenters. The number of pyridine rings is 1. The summed E-state index contributed by atoms with van der Waals surface area (Å²) in [4.78, 5) is 23.5. The molecule has 0 N–H and O–H groups in total. The standard InChI is InChI=1S/C26H31N5O/c1-20(32)29-13-15-30(16-14-29)23-9-10-26(22-5-3-2-4-6-22)11-12-31(24(26)17-23)25-8-7-21(18-27)19-28-25/h2-8,19,23-24H,9-17H2,1H3/t23-,24-,26-/m1/s1. The number of piperazine rings is 1. The van der Waals surface area contributed by atoms with Gasteiger partial charge in [0.1, 0.15) is 11.9 Å². The lowest BCUT2D eigenvalue weighted by atomic mass is 9.64. The minimum Gasteiger partial charge on any atom is -0.353 e. The van der Waals surface area contributed by atoms with E-state index in [0.29, 0.717) is 17.6 Å². The Morgan fingerprint density at radius 3 is 2.50 bits per heavy atom. The fourth-order valence-electron chi connectivity index (χ4n) is 6.27. The molecule has 2 aliphatic heterocycles. The summed E-state index contributed by atoms with van der Waals surface area (Å²) in [6, 6.07) is 18.0. The Kier molecular flexibility index (Phi) is 5.60. The highest BCUT2D eigenvalue weighted by Crippen LogP contribution is 2.50. The number of fused-ring (bicyclic) bond motifs is 1. The molecule has 1 amide bonds. The average molecular weight is 430 g/mol. The molecule has 1 saturated carbocycles. The van der Waals surface area contributed by atoms with Crippen LogP contribution in [0.1, 0.15) is 43.7 Å². The van der Waals surface area contributed by atoms with E-state index in [1.54, 1.807) is 13.1 Å². The number of carbonyl (C=O) groups is 1. The number of carbonyl (C=O) groups excluding carboxylic acids is 1. The molecule has 3 heterocycles. The maximum Gasteiger partial charge on any atom is 0.219 e. The van der Waals surface area contributed by atoms with Crippen molar-refractivity contribution >= 4 is 11.7 Å².